The van der Waals surface area contributed by atoms with Gasteiger partial charge in [-0.15, -0.1) is 0 Å². The van der Waals surface area contributed by atoms with E-state index in [4.69, 9.17) is 0 Å². The Morgan fingerprint density at radius 3 is 2.32 bits per heavy atom. The van der Waals surface area contributed by atoms with Gasteiger partial charge in [0.25, 0.3) is 0 Å². The SMILES string of the molecule is CCCCCCCCC(NCC)C1CCC(CC)C1. The summed E-state index contributed by atoms with van der Waals surface area (Å²) in [6, 6.07) is 0.813. The van der Waals surface area contributed by atoms with Gasteiger partial charge in [-0.25, -0.2) is 0 Å². The van der Waals surface area contributed by atoms with Gasteiger partial charge in [0.2, 0.25) is 0 Å². The summed E-state index contributed by atoms with van der Waals surface area (Å²) in [5.41, 5.74) is 0. The van der Waals surface area contributed by atoms with Crippen LogP contribution in [0.25, 0.3) is 0 Å². The van der Waals surface area contributed by atoms with E-state index in [2.05, 4.69) is 26.1 Å². The first kappa shape index (κ1) is 17.0. The molecule has 1 aliphatic carbocycles. The Hall–Kier alpha value is -0.0400. The third-order valence-corrected chi connectivity index (χ3v) is 5.06. The van der Waals surface area contributed by atoms with Crippen LogP contribution < -0.4 is 5.32 Å². The van der Waals surface area contributed by atoms with Gasteiger partial charge in [-0.1, -0.05) is 72.1 Å². The Morgan fingerprint density at radius 1 is 0.947 bits per heavy atom. The molecule has 0 aromatic heterocycles. The molecule has 0 aromatic carbocycles. The molecule has 1 N–H and O–H groups in total. The normalized spacial score (nSPS) is 24.8. The van der Waals surface area contributed by atoms with Crippen LogP contribution in [0.4, 0.5) is 0 Å². The monoisotopic (exact) mass is 267 g/mol. The van der Waals surface area contributed by atoms with Crippen molar-refractivity contribution in [1.29, 1.82) is 0 Å². The van der Waals surface area contributed by atoms with Crippen LogP contribution in [0, 0.1) is 11.8 Å². The highest BCUT2D eigenvalue weighted by Crippen LogP contribution is 2.36. The van der Waals surface area contributed by atoms with Gasteiger partial charge in [0, 0.05) is 6.04 Å². The fourth-order valence-electron chi connectivity index (χ4n) is 3.76. The fourth-order valence-corrected chi connectivity index (χ4v) is 3.76. The zero-order valence-electron chi connectivity index (χ0n) is 13.7. The van der Waals surface area contributed by atoms with E-state index in [1.165, 1.54) is 70.6 Å². The van der Waals surface area contributed by atoms with Crippen molar-refractivity contribution in [3.05, 3.63) is 0 Å². The average Bonchev–Trinajstić information content (AvgIpc) is 2.90. The molecule has 1 fully saturated rings. The second-order valence-corrected chi connectivity index (χ2v) is 6.57. The molecule has 0 saturated heterocycles. The molecule has 0 radical (unpaired) electrons. The van der Waals surface area contributed by atoms with E-state index in [1.54, 1.807) is 0 Å². The van der Waals surface area contributed by atoms with E-state index in [9.17, 15) is 0 Å². The van der Waals surface area contributed by atoms with Gasteiger partial charge >= 0.3 is 0 Å². The highest BCUT2D eigenvalue weighted by molar-refractivity contribution is 4.84. The van der Waals surface area contributed by atoms with E-state index in [0.29, 0.717) is 0 Å². The molecule has 0 aliphatic heterocycles. The summed E-state index contributed by atoms with van der Waals surface area (Å²) in [5, 5.41) is 3.77. The molecule has 3 atom stereocenters. The molecular formula is C18H37N. The van der Waals surface area contributed by atoms with Crippen molar-refractivity contribution in [1.82, 2.24) is 5.32 Å². The van der Waals surface area contributed by atoms with Crippen LogP contribution in [0.15, 0.2) is 0 Å². The number of rotatable bonds is 11. The molecule has 1 heteroatoms. The minimum absolute atomic E-state index is 0.813. The van der Waals surface area contributed by atoms with Crippen molar-refractivity contribution in [3.8, 4) is 0 Å². The molecule has 3 unspecified atom stereocenters. The van der Waals surface area contributed by atoms with Crippen LogP contribution >= 0.6 is 0 Å². The third kappa shape index (κ3) is 6.79. The Labute approximate surface area is 121 Å². The first-order valence-corrected chi connectivity index (χ1v) is 9.05. The largest absolute Gasteiger partial charge is 0.314 e. The van der Waals surface area contributed by atoms with Crippen LogP contribution in [0.3, 0.4) is 0 Å². The minimum atomic E-state index is 0.813. The second-order valence-electron chi connectivity index (χ2n) is 6.57. The topological polar surface area (TPSA) is 12.0 Å². The summed E-state index contributed by atoms with van der Waals surface area (Å²) < 4.78 is 0. The highest BCUT2D eigenvalue weighted by atomic mass is 14.9. The molecule has 1 saturated carbocycles. The van der Waals surface area contributed by atoms with E-state index in [1.807, 2.05) is 0 Å². The van der Waals surface area contributed by atoms with Crippen molar-refractivity contribution in [2.45, 2.75) is 97.4 Å². The van der Waals surface area contributed by atoms with Gasteiger partial charge in [0.1, 0.15) is 0 Å². The molecule has 1 nitrogen and oxygen atoms in total. The van der Waals surface area contributed by atoms with Crippen molar-refractivity contribution in [2.75, 3.05) is 6.54 Å². The van der Waals surface area contributed by atoms with Crippen molar-refractivity contribution in [3.63, 3.8) is 0 Å². The molecule has 0 spiro atoms. The molecule has 19 heavy (non-hydrogen) atoms. The molecule has 0 amide bonds. The standard InChI is InChI=1S/C18H37N/c1-4-7-8-9-10-11-12-18(19-6-3)17-14-13-16(5-2)15-17/h16-19H,4-15H2,1-3H3. The average molecular weight is 268 g/mol. The first-order valence-electron chi connectivity index (χ1n) is 9.05. The predicted octanol–water partition coefficient (Wildman–Crippen LogP) is 5.54. The van der Waals surface area contributed by atoms with Crippen LogP contribution in [0.2, 0.25) is 0 Å². The number of hydrogen-bond donors (Lipinski definition) is 1. The maximum absolute atomic E-state index is 3.77. The molecule has 1 rings (SSSR count). The zero-order valence-corrected chi connectivity index (χ0v) is 13.7. The van der Waals surface area contributed by atoms with E-state index >= 15 is 0 Å². The van der Waals surface area contributed by atoms with E-state index < -0.39 is 0 Å². The Balaban J connectivity index is 2.17. The lowest BCUT2D eigenvalue weighted by Gasteiger charge is -2.24. The quantitative estimate of drug-likeness (QED) is 0.485. The minimum Gasteiger partial charge on any atom is -0.314 e. The zero-order chi connectivity index (χ0) is 13.9. The molecular weight excluding hydrogens is 230 g/mol. The molecule has 114 valence electrons. The third-order valence-electron chi connectivity index (χ3n) is 5.06. The number of hydrogen-bond acceptors (Lipinski definition) is 1. The first-order chi connectivity index (χ1) is 9.31. The molecule has 1 aliphatic rings. The number of nitrogens with one attached hydrogen (secondary N) is 1. The number of unbranched alkanes of at least 4 members (excludes halogenated alkanes) is 5. The van der Waals surface area contributed by atoms with Crippen LogP contribution in [-0.2, 0) is 0 Å². The second kappa shape index (κ2) is 10.7. The molecule has 0 heterocycles. The van der Waals surface area contributed by atoms with Crippen molar-refractivity contribution in [2.24, 2.45) is 11.8 Å². The summed E-state index contributed by atoms with van der Waals surface area (Å²) >= 11 is 0. The lowest BCUT2D eigenvalue weighted by Crippen LogP contribution is -2.35. The van der Waals surface area contributed by atoms with Crippen LogP contribution in [0.5, 0.6) is 0 Å². The summed E-state index contributed by atoms with van der Waals surface area (Å²) in [4.78, 5) is 0. The van der Waals surface area contributed by atoms with Crippen LogP contribution in [-0.4, -0.2) is 12.6 Å². The molecule has 0 bridgehead atoms. The Bertz CT molecular complexity index is 202. The van der Waals surface area contributed by atoms with Crippen LogP contribution in [0.1, 0.15) is 91.4 Å². The Kier molecular flexibility index (Phi) is 9.59. The van der Waals surface area contributed by atoms with Crippen molar-refractivity contribution >= 4 is 0 Å². The summed E-state index contributed by atoms with van der Waals surface area (Å²) in [7, 11) is 0. The lowest BCUT2D eigenvalue weighted by molar-refractivity contribution is 0.325. The highest BCUT2D eigenvalue weighted by Gasteiger charge is 2.28. The predicted molar refractivity (Wildman–Crippen MR) is 86.6 cm³/mol. The van der Waals surface area contributed by atoms with Gasteiger partial charge in [-0.3, -0.25) is 0 Å². The van der Waals surface area contributed by atoms with Gasteiger partial charge in [-0.05, 0) is 37.6 Å². The maximum Gasteiger partial charge on any atom is 0.00953 e. The lowest BCUT2D eigenvalue weighted by atomic mass is 9.91. The van der Waals surface area contributed by atoms with Gasteiger partial charge in [0.15, 0.2) is 0 Å². The summed E-state index contributed by atoms with van der Waals surface area (Å²) in [6.45, 7) is 8.07. The van der Waals surface area contributed by atoms with Crippen molar-refractivity contribution < 1.29 is 0 Å². The summed E-state index contributed by atoms with van der Waals surface area (Å²) in [5.74, 6) is 2.00. The maximum atomic E-state index is 3.77. The Morgan fingerprint density at radius 2 is 1.68 bits per heavy atom. The van der Waals surface area contributed by atoms with E-state index in [-0.39, 0.29) is 0 Å². The van der Waals surface area contributed by atoms with Gasteiger partial charge in [-0.2, -0.15) is 0 Å². The fraction of sp³-hybridized carbons (Fsp3) is 1.00. The van der Waals surface area contributed by atoms with Gasteiger partial charge < -0.3 is 5.32 Å². The summed E-state index contributed by atoms with van der Waals surface area (Å²) in [6.07, 6.45) is 15.8. The van der Waals surface area contributed by atoms with E-state index in [0.717, 1.165) is 24.4 Å². The molecule has 0 aromatic rings. The van der Waals surface area contributed by atoms with Gasteiger partial charge in [0.05, 0.1) is 0 Å². The smallest absolute Gasteiger partial charge is 0.00953 e.